The first kappa shape index (κ1) is 15.8. The molecular weight excluding hydrogens is 323 g/mol. The van der Waals surface area contributed by atoms with E-state index in [9.17, 15) is 26.4 Å². The van der Waals surface area contributed by atoms with E-state index < -0.39 is 49.6 Å². The first-order valence-electron chi connectivity index (χ1n) is 5.72. The number of hydrogen-bond donors (Lipinski definition) is 2. The molecular formula is C13H8F3NO4S. The Balaban J connectivity index is 2.52. The van der Waals surface area contributed by atoms with Crippen LogP contribution in [0.3, 0.4) is 0 Å². The van der Waals surface area contributed by atoms with E-state index in [0.29, 0.717) is 12.1 Å². The van der Waals surface area contributed by atoms with Crippen molar-refractivity contribution in [3.63, 3.8) is 0 Å². The number of hydrogen-bond acceptors (Lipinski definition) is 3. The SMILES string of the molecule is O=C(O)c1ccc(F)c(S(=O)(=O)Nc2c(F)cccc2F)c1. The Hall–Kier alpha value is -2.55. The largest absolute Gasteiger partial charge is 0.478 e. The Labute approximate surface area is 123 Å². The van der Waals surface area contributed by atoms with Crippen LogP contribution in [0.5, 0.6) is 0 Å². The van der Waals surface area contributed by atoms with E-state index in [1.807, 2.05) is 0 Å². The molecule has 0 bridgehead atoms. The molecule has 0 fully saturated rings. The van der Waals surface area contributed by atoms with Crippen molar-refractivity contribution < 1.29 is 31.5 Å². The Morgan fingerprint density at radius 3 is 2.14 bits per heavy atom. The number of para-hydroxylation sites is 1. The maximum absolute atomic E-state index is 13.6. The summed E-state index contributed by atoms with van der Waals surface area (Å²) in [6.07, 6.45) is 0. The molecule has 0 radical (unpaired) electrons. The maximum Gasteiger partial charge on any atom is 0.335 e. The average molecular weight is 331 g/mol. The molecule has 9 heteroatoms. The second kappa shape index (κ2) is 5.68. The highest BCUT2D eigenvalue weighted by atomic mass is 32.2. The minimum absolute atomic E-state index is 0.490. The van der Waals surface area contributed by atoms with Crippen LogP contribution in [0.25, 0.3) is 0 Å². The lowest BCUT2D eigenvalue weighted by atomic mass is 10.2. The fourth-order valence-electron chi connectivity index (χ4n) is 1.63. The van der Waals surface area contributed by atoms with Gasteiger partial charge in [0.15, 0.2) is 0 Å². The van der Waals surface area contributed by atoms with Gasteiger partial charge in [0.05, 0.1) is 5.56 Å². The van der Waals surface area contributed by atoms with Gasteiger partial charge in [0.1, 0.15) is 28.0 Å². The van der Waals surface area contributed by atoms with E-state index in [1.54, 1.807) is 4.72 Å². The van der Waals surface area contributed by atoms with Crippen molar-refractivity contribution >= 4 is 21.7 Å². The summed E-state index contributed by atoms with van der Waals surface area (Å²) in [5.74, 6) is -5.13. The number of carboxylic acid groups (broad SMARTS) is 1. The van der Waals surface area contributed by atoms with E-state index in [4.69, 9.17) is 5.11 Å². The molecule has 0 aromatic heterocycles. The summed E-state index contributed by atoms with van der Waals surface area (Å²) in [5, 5.41) is 8.79. The van der Waals surface area contributed by atoms with Crippen molar-refractivity contribution in [2.75, 3.05) is 4.72 Å². The van der Waals surface area contributed by atoms with Crippen LogP contribution in [-0.2, 0) is 10.0 Å². The summed E-state index contributed by atoms with van der Waals surface area (Å²) in [6, 6.07) is 4.69. The third-order valence-corrected chi connectivity index (χ3v) is 4.03. The molecule has 0 aliphatic carbocycles. The van der Waals surface area contributed by atoms with Gasteiger partial charge in [-0.05, 0) is 30.3 Å². The molecule has 116 valence electrons. The molecule has 0 saturated heterocycles. The van der Waals surface area contributed by atoms with Gasteiger partial charge in [-0.15, -0.1) is 0 Å². The Morgan fingerprint density at radius 1 is 1.00 bits per heavy atom. The predicted octanol–water partition coefficient (Wildman–Crippen LogP) is 2.60. The minimum atomic E-state index is -4.71. The van der Waals surface area contributed by atoms with Gasteiger partial charge in [-0.2, -0.15) is 0 Å². The van der Waals surface area contributed by atoms with Crippen LogP contribution in [0.1, 0.15) is 10.4 Å². The number of nitrogens with one attached hydrogen (secondary N) is 1. The van der Waals surface area contributed by atoms with Gasteiger partial charge in [0.2, 0.25) is 0 Å². The van der Waals surface area contributed by atoms with Gasteiger partial charge in [0, 0.05) is 0 Å². The molecule has 2 N–H and O–H groups in total. The quantitative estimate of drug-likeness (QED) is 0.902. The number of carboxylic acids is 1. The Bertz CT molecular complexity index is 832. The minimum Gasteiger partial charge on any atom is -0.478 e. The van der Waals surface area contributed by atoms with E-state index >= 15 is 0 Å². The molecule has 22 heavy (non-hydrogen) atoms. The second-order valence-corrected chi connectivity index (χ2v) is 5.80. The zero-order valence-electron chi connectivity index (χ0n) is 10.7. The van der Waals surface area contributed by atoms with Crippen molar-refractivity contribution in [2.45, 2.75) is 4.90 Å². The lowest BCUT2D eigenvalue weighted by Crippen LogP contribution is -2.17. The highest BCUT2D eigenvalue weighted by Gasteiger charge is 2.24. The maximum atomic E-state index is 13.6. The molecule has 0 atom stereocenters. The molecule has 0 heterocycles. The second-order valence-electron chi connectivity index (χ2n) is 4.15. The molecule has 0 unspecified atom stereocenters. The molecule has 2 aromatic rings. The monoisotopic (exact) mass is 331 g/mol. The van der Waals surface area contributed by atoms with Crippen LogP contribution in [0, 0.1) is 17.5 Å². The number of sulfonamides is 1. The molecule has 2 rings (SSSR count). The summed E-state index contributed by atoms with van der Waals surface area (Å²) in [7, 11) is -4.71. The zero-order valence-corrected chi connectivity index (χ0v) is 11.5. The van der Waals surface area contributed by atoms with Crippen molar-refractivity contribution in [3.8, 4) is 0 Å². The Kier molecular flexibility index (Phi) is 4.09. The lowest BCUT2D eigenvalue weighted by molar-refractivity contribution is 0.0696. The topological polar surface area (TPSA) is 83.5 Å². The molecule has 0 aliphatic rings. The summed E-state index contributed by atoms with van der Waals surface area (Å²) >= 11 is 0. The van der Waals surface area contributed by atoms with Crippen LogP contribution in [0.2, 0.25) is 0 Å². The van der Waals surface area contributed by atoms with Crippen molar-refractivity contribution in [1.29, 1.82) is 0 Å². The number of anilines is 1. The molecule has 2 aromatic carbocycles. The smallest absolute Gasteiger partial charge is 0.335 e. The standard InChI is InChI=1S/C13H8F3NO4S/c14-8-5-4-7(13(18)19)6-11(8)22(20,21)17-12-9(15)2-1-3-10(12)16/h1-6,17H,(H,18,19). The number of halogens is 3. The van der Waals surface area contributed by atoms with E-state index in [1.165, 1.54) is 0 Å². The fourth-order valence-corrected chi connectivity index (χ4v) is 2.81. The van der Waals surface area contributed by atoms with Crippen molar-refractivity contribution in [2.24, 2.45) is 0 Å². The highest BCUT2D eigenvalue weighted by molar-refractivity contribution is 7.92. The van der Waals surface area contributed by atoms with Crippen molar-refractivity contribution in [1.82, 2.24) is 0 Å². The van der Waals surface area contributed by atoms with Crippen LogP contribution in [0.15, 0.2) is 41.3 Å². The van der Waals surface area contributed by atoms with E-state index in [-0.39, 0.29) is 0 Å². The van der Waals surface area contributed by atoms with Gasteiger partial charge in [0.25, 0.3) is 10.0 Å². The number of aromatic carboxylic acids is 1. The summed E-state index contributed by atoms with van der Waals surface area (Å²) < 4.78 is 66.1. The lowest BCUT2D eigenvalue weighted by Gasteiger charge is -2.11. The molecule has 0 aliphatic heterocycles. The van der Waals surface area contributed by atoms with Crippen molar-refractivity contribution in [3.05, 3.63) is 59.4 Å². The third kappa shape index (κ3) is 3.03. The number of rotatable bonds is 4. The van der Waals surface area contributed by atoms with Gasteiger partial charge < -0.3 is 5.11 Å². The summed E-state index contributed by atoms with van der Waals surface area (Å²) in [4.78, 5) is 9.77. The summed E-state index contributed by atoms with van der Waals surface area (Å²) in [5.41, 5.74) is -1.47. The number of benzene rings is 2. The number of carbonyl (C=O) groups is 1. The van der Waals surface area contributed by atoms with Crippen LogP contribution in [0.4, 0.5) is 18.9 Å². The summed E-state index contributed by atoms with van der Waals surface area (Å²) in [6.45, 7) is 0. The first-order chi connectivity index (χ1) is 10.2. The Morgan fingerprint density at radius 2 is 1.59 bits per heavy atom. The van der Waals surface area contributed by atoms with Crippen LogP contribution < -0.4 is 4.72 Å². The predicted molar refractivity (Wildman–Crippen MR) is 70.5 cm³/mol. The fraction of sp³-hybridized carbons (Fsp3) is 0. The van der Waals surface area contributed by atoms with Gasteiger partial charge >= 0.3 is 5.97 Å². The molecule has 0 spiro atoms. The molecule has 5 nitrogen and oxygen atoms in total. The normalized spacial score (nSPS) is 11.2. The molecule has 0 saturated carbocycles. The highest BCUT2D eigenvalue weighted by Crippen LogP contribution is 2.24. The van der Waals surface area contributed by atoms with E-state index in [0.717, 1.165) is 24.3 Å². The van der Waals surface area contributed by atoms with E-state index in [2.05, 4.69) is 0 Å². The van der Waals surface area contributed by atoms with Gasteiger partial charge in [-0.1, -0.05) is 6.07 Å². The average Bonchev–Trinajstić information content (AvgIpc) is 2.43. The zero-order chi connectivity index (χ0) is 16.5. The van der Waals surface area contributed by atoms with Crippen LogP contribution in [-0.4, -0.2) is 19.5 Å². The first-order valence-corrected chi connectivity index (χ1v) is 7.20. The van der Waals surface area contributed by atoms with Gasteiger partial charge in [-0.25, -0.2) is 26.4 Å². The van der Waals surface area contributed by atoms with Crippen LogP contribution >= 0.6 is 0 Å². The van der Waals surface area contributed by atoms with Gasteiger partial charge in [-0.3, -0.25) is 4.72 Å². The third-order valence-electron chi connectivity index (χ3n) is 2.67. The molecule has 0 amide bonds.